The van der Waals surface area contributed by atoms with Crippen molar-refractivity contribution in [2.24, 2.45) is 0 Å². The Kier molecular flexibility index (Phi) is 7.84. The van der Waals surface area contributed by atoms with Crippen molar-refractivity contribution in [2.75, 3.05) is 50.5 Å². The van der Waals surface area contributed by atoms with E-state index in [1.807, 2.05) is 0 Å². The number of hydrogen-bond donors (Lipinski definition) is 2. The maximum atomic E-state index is 12.5. The van der Waals surface area contributed by atoms with E-state index in [0.717, 1.165) is 45.7 Å². The van der Waals surface area contributed by atoms with Gasteiger partial charge in [0, 0.05) is 44.0 Å². The second-order valence-corrected chi connectivity index (χ2v) is 9.07. The van der Waals surface area contributed by atoms with Crippen LogP contribution in [0.2, 0.25) is 0 Å². The number of hydrogen-bond acceptors (Lipinski definition) is 5. The highest BCUT2D eigenvalue weighted by atomic mass is 32.2. The van der Waals surface area contributed by atoms with E-state index in [1.54, 1.807) is 42.5 Å². The molecule has 8 heteroatoms. The monoisotopic (exact) mass is 430 g/mol. The smallest absolute Gasteiger partial charge is 0.261 e. The van der Waals surface area contributed by atoms with E-state index in [4.69, 9.17) is 0 Å². The van der Waals surface area contributed by atoms with Crippen molar-refractivity contribution in [1.29, 1.82) is 0 Å². The summed E-state index contributed by atoms with van der Waals surface area (Å²) in [5, 5.41) is 2.93. The zero-order chi connectivity index (χ0) is 21.4. The molecular formula is C22H30N4O3S. The van der Waals surface area contributed by atoms with Crippen LogP contribution in [0, 0.1) is 0 Å². The lowest BCUT2D eigenvalue weighted by atomic mass is 10.2. The standard InChI is InChI=1S/C22H30N4O3S/c1-2-25-14-16-26(17-15-25)13-7-12-23-22(27)19-8-6-9-20(18-19)24-30(28,29)21-10-4-3-5-11-21/h3-6,8-11,18,24H,2,7,12-17H2,1H3,(H,23,27). The molecule has 1 saturated heterocycles. The molecule has 1 amide bonds. The lowest BCUT2D eigenvalue weighted by Crippen LogP contribution is -2.46. The summed E-state index contributed by atoms with van der Waals surface area (Å²) in [4.78, 5) is 17.5. The number of sulfonamides is 1. The molecule has 7 nitrogen and oxygen atoms in total. The SMILES string of the molecule is CCN1CCN(CCCNC(=O)c2cccc(NS(=O)(=O)c3ccccc3)c2)CC1. The zero-order valence-corrected chi connectivity index (χ0v) is 18.2. The molecule has 3 rings (SSSR count). The fourth-order valence-corrected chi connectivity index (χ4v) is 4.54. The maximum Gasteiger partial charge on any atom is 0.261 e. The van der Waals surface area contributed by atoms with Gasteiger partial charge in [0.25, 0.3) is 15.9 Å². The summed E-state index contributed by atoms with van der Waals surface area (Å²) < 4.78 is 27.5. The first-order chi connectivity index (χ1) is 14.5. The Bertz CT molecular complexity index is 926. The van der Waals surface area contributed by atoms with E-state index in [1.165, 1.54) is 12.1 Å². The highest BCUT2D eigenvalue weighted by molar-refractivity contribution is 7.92. The minimum atomic E-state index is -3.69. The normalized spacial score (nSPS) is 15.6. The van der Waals surface area contributed by atoms with Gasteiger partial charge in [0.15, 0.2) is 0 Å². The first kappa shape index (κ1) is 22.3. The number of anilines is 1. The third kappa shape index (κ3) is 6.29. The van der Waals surface area contributed by atoms with E-state index in [-0.39, 0.29) is 10.8 Å². The van der Waals surface area contributed by atoms with Gasteiger partial charge in [0.2, 0.25) is 0 Å². The van der Waals surface area contributed by atoms with Crippen LogP contribution in [0.25, 0.3) is 0 Å². The summed E-state index contributed by atoms with van der Waals surface area (Å²) in [5.41, 5.74) is 0.792. The van der Waals surface area contributed by atoms with Gasteiger partial charge in [-0.25, -0.2) is 8.42 Å². The number of nitrogens with zero attached hydrogens (tertiary/aromatic N) is 2. The lowest BCUT2D eigenvalue weighted by Gasteiger charge is -2.33. The van der Waals surface area contributed by atoms with Crippen molar-refractivity contribution < 1.29 is 13.2 Å². The second kappa shape index (κ2) is 10.6. The molecule has 1 heterocycles. The Morgan fingerprint density at radius 2 is 1.67 bits per heavy atom. The molecule has 2 aromatic carbocycles. The van der Waals surface area contributed by atoms with Crippen molar-refractivity contribution in [1.82, 2.24) is 15.1 Å². The van der Waals surface area contributed by atoms with Gasteiger partial charge in [-0.2, -0.15) is 0 Å². The average molecular weight is 431 g/mol. The lowest BCUT2D eigenvalue weighted by molar-refractivity contribution is 0.0948. The summed E-state index contributed by atoms with van der Waals surface area (Å²) in [7, 11) is -3.69. The van der Waals surface area contributed by atoms with Crippen LogP contribution in [0.4, 0.5) is 5.69 Å². The predicted octanol–water partition coefficient (Wildman–Crippen LogP) is 2.24. The molecule has 1 fully saturated rings. The summed E-state index contributed by atoms with van der Waals surface area (Å²) in [6.45, 7) is 9.21. The fourth-order valence-electron chi connectivity index (χ4n) is 3.47. The Labute approximate surface area is 179 Å². The molecule has 1 aliphatic rings. The van der Waals surface area contributed by atoms with E-state index in [0.29, 0.717) is 17.8 Å². The van der Waals surface area contributed by atoms with Gasteiger partial charge in [-0.15, -0.1) is 0 Å². The van der Waals surface area contributed by atoms with Crippen molar-refractivity contribution in [3.8, 4) is 0 Å². The maximum absolute atomic E-state index is 12.5. The Hall–Kier alpha value is -2.42. The van der Waals surface area contributed by atoms with Crippen molar-refractivity contribution in [3.05, 3.63) is 60.2 Å². The van der Waals surface area contributed by atoms with Crippen LogP contribution in [0.1, 0.15) is 23.7 Å². The Balaban J connectivity index is 1.48. The Morgan fingerprint density at radius 3 is 2.37 bits per heavy atom. The van der Waals surface area contributed by atoms with Gasteiger partial charge >= 0.3 is 0 Å². The molecule has 0 aliphatic carbocycles. The minimum absolute atomic E-state index is 0.180. The number of likely N-dealkylation sites (N-methyl/N-ethyl adjacent to an activating group) is 1. The Morgan fingerprint density at radius 1 is 0.967 bits per heavy atom. The van der Waals surface area contributed by atoms with Crippen LogP contribution in [0.3, 0.4) is 0 Å². The summed E-state index contributed by atoms with van der Waals surface area (Å²) >= 11 is 0. The molecule has 0 radical (unpaired) electrons. The minimum Gasteiger partial charge on any atom is -0.352 e. The number of piperazine rings is 1. The van der Waals surface area contributed by atoms with Crippen molar-refractivity contribution in [2.45, 2.75) is 18.2 Å². The molecule has 0 saturated carbocycles. The fraction of sp³-hybridized carbons (Fsp3) is 0.409. The number of benzene rings is 2. The molecule has 0 spiro atoms. The van der Waals surface area contributed by atoms with Crippen LogP contribution in [-0.4, -0.2) is 69.9 Å². The van der Waals surface area contributed by atoms with E-state index >= 15 is 0 Å². The van der Waals surface area contributed by atoms with Crippen LogP contribution in [0.5, 0.6) is 0 Å². The van der Waals surface area contributed by atoms with Gasteiger partial charge in [-0.1, -0.05) is 31.2 Å². The largest absolute Gasteiger partial charge is 0.352 e. The number of rotatable bonds is 9. The van der Waals surface area contributed by atoms with Gasteiger partial charge in [-0.3, -0.25) is 9.52 Å². The molecule has 2 aromatic rings. The number of amides is 1. The van der Waals surface area contributed by atoms with Crippen LogP contribution in [0.15, 0.2) is 59.5 Å². The number of carbonyl (C=O) groups excluding carboxylic acids is 1. The van der Waals surface area contributed by atoms with Gasteiger partial charge < -0.3 is 15.1 Å². The molecule has 1 aliphatic heterocycles. The third-order valence-corrected chi connectivity index (χ3v) is 6.68. The highest BCUT2D eigenvalue weighted by Crippen LogP contribution is 2.17. The third-order valence-electron chi connectivity index (χ3n) is 5.28. The number of nitrogens with one attached hydrogen (secondary N) is 2. The topological polar surface area (TPSA) is 81.8 Å². The molecule has 162 valence electrons. The average Bonchev–Trinajstić information content (AvgIpc) is 2.77. The molecule has 0 atom stereocenters. The van der Waals surface area contributed by atoms with Gasteiger partial charge in [-0.05, 0) is 49.8 Å². The van der Waals surface area contributed by atoms with Crippen LogP contribution < -0.4 is 10.0 Å². The summed E-state index contributed by atoms with van der Waals surface area (Å²) in [5.74, 6) is -0.202. The van der Waals surface area contributed by atoms with Gasteiger partial charge in [0.05, 0.1) is 4.90 Å². The van der Waals surface area contributed by atoms with Crippen molar-refractivity contribution in [3.63, 3.8) is 0 Å². The van der Waals surface area contributed by atoms with Crippen LogP contribution in [-0.2, 0) is 10.0 Å². The van der Waals surface area contributed by atoms with Crippen molar-refractivity contribution >= 4 is 21.6 Å². The highest BCUT2D eigenvalue weighted by Gasteiger charge is 2.16. The summed E-state index contributed by atoms with van der Waals surface area (Å²) in [6.07, 6.45) is 0.887. The first-order valence-corrected chi connectivity index (χ1v) is 11.9. The molecule has 0 aromatic heterocycles. The van der Waals surface area contributed by atoms with Crippen LogP contribution >= 0.6 is 0 Å². The van der Waals surface area contributed by atoms with E-state index in [9.17, 15) is 13.2 Å². The van der Waals surface area contributed by atoms with Gasteiger partial charge in [0.1, 0.15) is 0 Å². The molecule has 30 heavy (non-hydrogen) atoms. The molecule has 0 unspecified atom stereocenters. The summed E-state index contributed by atoms with van der Waals surface area (Å²) in [6, 6.07) is 14.7. The van der Waals surface area contributed by atoms with E-state index < -0.39 is 10.0 Å². The zero-order valence-electron chi connectivity index (χ0n) is 17.4. The molecular weight excluding hydrogens is 400 g/mol. The number of carbonyl (C=O) groups is 1. The first-order valence-electron chi connectivity index (χ1n) is 10.4. The molecule has 2 N–H and O–H groups in total. The quantitative estimate of drug-likeness (QED) is 0.597. The second-order valence-electron chi connectivity index (χ2n) is 7.38. The van der Waals surface area contributed by atoms with E-state index in [2.05, 4.69) is 26.8 Å². The molecule has 0 bridgehead atoms. The predicted molar refractivity (Wildman–Crippen MR) is 119 cm³/mol.